The summed E-state index contributed by atoms with van der Waals surface area (Å²) in [5.74, 6) is 0.0740. The summed E-state index contributed by atoms with van der Waals surface area (Å²) in [4.78, 5) is 43.3. The highest BCUT2D eigenvalue weighted by Crippen LogP contribution is 2.32. The normalized spacial score (nSPS) is 13.5. The highest BCUT2D eigenvalue weighted by atomic mass is 32.2. The van der Waals surface area contributed by atoms with Gasteiger partial charge in [-0.05, 0) is 55.3 Å². The molecule has 10 heteroatoms. The monoisotopic (exact) mass is 574 g/mol. The third kappa shape index (κ3) is 6.81. The van der Waals surface area contributed by atoms with Crippen molar-refractivity contribution < 1.29 is 19.1 Å². The highest BCUT2D eigenvalue weighted by molar-refractivity contribution is 8.01. The van der Waals surface area contributed by atoms with Crippen LogP contribution in [0.4, 0.5) is 11.4 Å². The number of thioether (sulfide) groups is 1. The summed E-state index contributed by atoms with van der Waals surface area (Å²) in [6.07, 6.45) is 5.38. The number of thiazole rings is 1. The van der Waals surface area contributed by atoms with Gasteiger partial charge in [-0.3, -0.25) is 14.4 Å². The summed E-state index contributed by atoms with van der Waals surface area (Å²) in [6, 6.07) is 19.8. The first-order chi connectivity index (χ1) is 19.5. The summed E-state index contributed by atoms with van der Waals surface area (Å²) in [5.41, 5.74) is 2.71. The molecule has 0 unspecified atom stereocenters. The first-order valence-corrected chi connectivity index (χ1v) is 15.0. The molecule has 8 nitrogen and oxygen atoms in total. The lowest BCUT2D eigenvalue weighted by molar-refractivity contribution is -0.113. The van der Waals surface area contributed by atoms with Crippen LogP contribution in [0.2, 0.25) is 0 Å². The van der Waals surface area contributed by atoms with E-state index in [0.29, 0.717) is 28.3 Å². The van der Waals surface area contributed by atoms with Gasteiger partial charge in [-0.1, -0.05) is 55.3 Å². The molecule has 0 bridgehead atoms. The number of carbonyl (C=O) groups is 3. The molecule has 1 heterocycles. The van der Waals surface area contributed by atoms with Crippen LogP contribution in [-0.4, -0.2) is 41.6 Å². The van der Waals surface area contributed by atoms with Gasteiger partial charge in [-0.15, -0.1) is 11.3 Å². The minimum absolute atomic E-state index is 0.158. The van der Waals surface area contributed by atoms with Gasteiger partial charge in [0.25, 0.3) is 11.8 Å². The number of anilines is 2. The topological polar surface area (TPSA) is 109 Å². The Morgan fingerprint density at radius 1 is 0.925 bits per heavy atom. The van der Waals surface area contributed by atoms with Crippen molar-refractivity contribution in [2.75, 3.05) is 23.5 Å². The number of carbonyl (C=O) groups excluding carboxylic acids is 3. The number of rotatable bonds is 9. The smallest absolute Gasteiger partial charge is 0.256 e. The summed E-state index contributed by atoms with van der Waals surface area (Å²) in [5, 5.41) is 8.88. The van der Waals surface area contributed by atoms with E-state index in [-0.39, 0.29) is 29.5 Å². The van der Waals surface area contributed by atoms with Crippen LogP contribution in [0.5, 0.6) is 5.75 Å². The number of aromatic nitrogens is 1. The van der Waals surface area contributed by atoms with Gasteiger partial charge in [0, 0.05) is 11.7 Å². The summed E-state index contributed by atoms with van der Waals surface area (Å²) in [7, 11) is 1.56. The van der Waals surface area contributed by atoms with Gasteiger partial charge in [0.1, 0.15) is 5.75 Å². The molecule has 5 rings (SSSR count). The van der Waals surface area contributed by atoms with Crippen molar-refractivity contribution in [2.45, 2.75) is 42.5 Å². The lowest BCUT2D eigenvalue weighted by Gasteiger charge is -2.23. The number of para-hydroxylation sites is 2. The largest absolute Gasteiger partial charge is 0.495 e. The molecule has 0 atom stereocenters. The third-order valence-electron chi connectivity index (χ3n) is 6.69. The van der Waals surface area contributed by atoms with Crippen LogP contribution < -0.4 is 20.7 Å². The maximum Gasteiger partial charge on any atom is 0.256 e. The van der Waals surface area contributed by atoms with Crippen LogP contribution in [0.25, 0.3) is 10.2 Å². The van der Waals surface area contributed by atoms with Crippen molar-refractivity contribution in [3.05, 3.63) is 77.9 Å². The van der Waals surface area contributed by atoms with Gasteiger partial charge in [0.05, 0.1) is 39.9 Å². The average molecular weight is 575 g/mol. The van der Waals surface area contributed by atoms with Gasteiger partial charge < -0.3 is 20.7 Å². The van der Waals surface area contributed by atoms with Crippen LogP contribution in [0.15, 0.2) is 71.1 Å². The number of benzene rings is 3. The Labute approximate surface area is 240 Å². The number of hydrogen-bond donors (Lipinski definition) is 3. The van der Waals surface area contributed by atoms with Gasteiger partial charge >= 0.3 is 0 Å². The van der Waals surface area contributed by atoms with Crippen molar-refractivity contribution in [1.82, 2.24) is 10.3 Å². The molecule has 1 saturated carbocycles. The van der Waals surface area contributed by atoms with E-state index >= 15 is 0 Å². The van der Waals surface area contributed by atoms with Crippen LogP contribution >= 0.6 is 23.1 Å². The number of ether oxygens (including phenoxy) is 1. The molecule has 3 N–H and O–H groups in total. The molecule has 1 fully saturated rings. The predicted octanol–water partition coefficient (Wildman–Crippen LogP) is 6.35. The molecule has 1 aliphatic carbocycles. The molecule has 206 valence electrons. The van der Waals surface area contributed by atoms with E-state index in [4.69, 9.17) is 4.74 Å². The van der Waals surface area contributed by atoms with Gasteiger partial charge in [0.2, 0.25) is 5.91 Å². The molecule has 0 aliphatic heterocycles. The number of nitrogens with zero attached hydrogens (tertiary/aromatic N) is 1. The fourth-order valence-electron chi connectivity index (χ4n) is 4.69. The fraction of sp³-hybridized carbons (Fsp3) is 0.267. The number of amides is 3. The van der Waals surface area contributed by atoms with Gasteiger partial charge in [-0.2, -0.15) is 0 Å². The molecule has 3 amide bonds. The molecule has 0 spiro atoms. The molecule has 0 saturated heterocycles. The molecular weight excluding hydrogens is 544 g/mol. The lowest BCUT2D eigenvalue weighted by Crippen LogP contribution is -2.37. The van der Waals surface area contributed by atoms with Crippen LogP contribution in [0.1, 0.15) is 52.8 Å². The second-order valence-electron chi connectivity index (χ2n) is 9.51. The predicted molar refractivity (Wildman–Crippen MR) is 161 cm³/mol. The van der Waals surface area contributed by atoms with Gasteiger partial charge in [0.15, 0.2) is 4.34 Å². The first kappa shape index (κ1) is 27.7. The Hall–Kier alpha value is -3.89. The second-order valence-corrected chi connectivity index (χ2v) is 11.8. The zero-order chi connectivity index (χ0) is 27.9. The summed E-state index contributed by atoms with van der Waals surface area (Å²) >= 11 is 2.80. The maximum atomic E-state index is 13.2. The number of nitrogens with one attached hydrogen (secondary N) is 3. The van der Waals surface area contributed by atoms with E-state index in [2.05, 4.69) is 20.9 Å². The standard InChI is InChI=1S/C30H30N4O4S2/c1-38-25-14-8-7-13-23(25)33-27(35)18-39-30-34-24-16-15-20(17-26(24)40-30)32-29(37)22-12-6-5-11-21(22)28(36)31-19-9-3-2-4-10-19/h5-8,11-17,19H,2-4,9-10,18H2,1H3,(H,31,36)(H,32,37)(H,33,35). The van der Waals surface area contributed by atoms with Crippen molar-refractivity contribution >= 4 is 62.4 Å². The minimum atomic E-state index is -0.346. The fourth-order valence-corrected chi connectivity index (χ4v) is 6.60. The quantitative estimate of drug-likeness (QED) is 0.201. The molecule has 40 heavy (non-hydrogen) atoms. The third-order valence-corrected chi connectivity index (χ3v) is 8.85. The summed E-state index contributed by atoms with van der Waals surface area (Å²) in [6.45, 7) is 0. The summed E-state index contributed by atoms with van der Waals surface area (Å²) < 4.78 is 6.91. The average Bonchev–Trinajstić information content (AvgIpc) is 3.39. The Balaban J connectivity index is 1.22. The van der Waals surface area contributed by atoms with E-state index in [1.54, 1.807) is 49.6 Å². The number of methoxy groups -OCH3 is 1. The second kappa shape index (κ2) is 13.0. The zero-order valence-corrected chi connectivity index (χ0v) is 23.7. The van der Waals surface area contributed by atoms with E-state index in [0.717, 1.165) is 40.2 Å². The Kier molecular flexibility index (Phi) is 8.98. The van der Waals surface area contributed by atoms with E-state index in [1.807, 2.05) is 24.3 Å². The molecule has 1 aromatic heterocycles. The number of hydrogen-bond acceptors (Lipinski definition) is 7. The van der Waals surface area contributed by atoms with Crippen molar-refractivity contribution in [3.8, 4) is 5.75 Å². The SMILES string of the molecule is COc1ccccc1NC(=O)CSc1nc2ccc(NC(=O)c3ccccc3C(=O)NC3CCCCC3)cc2s1. The van der Waals surface area contributed by atoms with Gasteiger partial charge in [-0.25, -0.2) is 4.98 Å². The van der Waals surface area contributed by atoms with Crippen molar-refractivity contribution in [1.29, 1.82) is 0 Å². The minimum Gasteiger partial charge on any atom is -0.495 e. The molecule has 0 radical (unpaired) electrons. The van der Waals surface area contributed by atoms with E-state index in [1.165, 1.54) is 29.5 Å². The number of fused-ring (bicyclic) bond motifs is 1. The molecule has 1 aliphatic rings. The highest BCUT2D eigenvalue weighted by Gasteiger charge is 2.21. The Morgan fingerprint density at radius 2 is 1.65 bits per heavy atom. The van der Waals surface area contributed by atoms with E-state index < -0.39 is 0 Å². The van der Waals surface area contributed by atoms with Crippen LogP contribution in [0, 0.1) is 0 Å². The maximum absolute atomic E-state index is 13.2. The lowest BCUT2D eigenvalue weighted by atomic mass is 9.95. The van der Waals surface area contributed by atoms with E-state index in [9.17, 15) is 14.4 Å². The molecule has 3 aromatic carbocycles. The molecular formula is C30H30N4O4S2. The Morgan fingerprint density at radius 3 is 2.42 bits per heavy atom. The van der Waals surface area contributed by atoms with Crippen LogP contribution in [0.3, 0.4) is 0 Å². The Bertz CT molecular complexity index is 1530. The first-order valence-electron chi connectivity index (χ1n) is 13.2. The zero-order valence-electron chi connectivity index (χ0n) is 22.1. The van der Waals surface area contributed by atoms with Crippen molar-refractivity contribution in [3.63, 3.8) is 0 Å². The molecule has 4 aromatic rings. The van der Waals surface area contributed by atoms with Crippen molar-refractivity contribution in [2.24, 2.45) is 0 Å². The van der Waals surface area contributed by atoms with Crippen LogP contribution in [-0.2, 0) is 4.79 Å².